The quantitative estimate of drug-likeness (QED) is 0.249. The van der Waals surface area contributed by atoms with Crippen molar-refractivity contribution >= 4 is 11.9 Å². The third kappa shape index (κ3) is 13.9. The molecule has 0 aromatic carbocycles. The van der Waals surface area contributed by atoms with Gasteiger partial charge in [-0.1, -0.05) is 34.6 Å². The Morgan fingerprint density at radius 1 is 0.786 bits per heavy atom. The molecular weight excluding hydrogens is 360 g/mol. The molecule has 0 spiro atoms. The topological polar surface area (TPSA) is 71.1 Å². The first-order valence-electron chi connectivity index (χ1n) is 10.4. The highest BCUT2D eigenvalue weighted by molar-refractivity contribution is 5.76. The van der Waals surface area contributed by atoms with E-state index in [9.17, 15) is 9.59 Å². The van der Waals surface area contributed by atoms with Crippen LogP contribution in [0.5, 0.6) is 0 Å². The molecule has 0 radical (unpaired) electrons. The lowest BCUT2D eigenvalue weighted by molar-refractivity contribution is -0.170. The van der Waals surface area contributed by atoms with E-state index in [2.05, 4.69) is 13.8 Å². The number of esters is 2. The van der Waals surface area contributed by atoms with Crippen LogP contribution in [0.15, 0.2) is 0 Å². The second-order valence-electron chi connectivity index (χ2n) is 8.72. The molecule has 6 heteroatoms. The lowest BCUT2D eigenvalue weighted by Crippen LogP contribution is -2.27. The molecule has 0 aromatic heterocycles. The zero-order chi connectivity index (χ0) is 22.4. The molecule has 0 aliphatic heterocycles. The van der Waals surface area contributed by atoms with Crippen LogP contribution in [0, 0.1) is 16.7 Å². The van der Waals surface area contributed by atoms with Crippen molar-refractivity contribution in [3.05, 3.63) is 0 Å². The predicted molar refractivity (Wildman–Crippen MR) is 112 cm³/mol. The van der Waals surface area contributed by atoms with E-state index in [-0.39, 0.29) is 31.6 Å². The molecule has 0 aliphatic carbocycles. The average molecular weight is 405 g/mol. The summed E-state index contributed by atoms with van der Waals surface area (Å²) < 4.78 is 20.4. The van der Waals surface area contributed by atoms with Crippen molar-refractivity contribution in [1.82, 2.24) is 0 Å². The molecule has 6 nitrogen and oxygen atoms in total. The summed E-state index contributed by atoms with van der Waals surface area (Å²) in [7, 11) is 0. The molecule has 0 N–H and O–H groups in total. The number of carbonyl (C=O) groups excluding carboxylic acids is 2. The molecule has 0 fully saturated rings. The number of hydrogen-bond acceptors (Lipinski definition) is 6. The molecule has 168 valence electrons. The van der Waals surface area contributed by atoms with Gasteiger partial charge >= 0.3 is 11.9 Å². The van der Waals surface area contributed by atoms with Gasteiger partial charge in [-0.15, -0.1) is 0 Å². The minimum atomic E-state index is -0.404. The normalized spacial score (nSPS) is 12.8. The van der Waals surface area contributed by atoms with Crippen molar-refractivity contribution in [3.63, 3.8) is 0 Å². The third-order valence-electron chi connectivity index (χ3n) is 4.71. The summed E-state index contributed by atoms with van der Waals surface area (Å²) in [4.78, 5) is 22.9. The van der Waals surface area contributed by atoms with Crippen LogP contribution in [0.2, 0.25) is 0 Å². The van der Waals surface area contributed by atoms with Gasteiger partial charge in [0.2, 0.25) is 0 Å². The van der Waals surface area contributed by atoms with Gasteiger partial charge < -0.3 is 18.9 Å². The molecule has 0 heterocycles. The molecule has 28 heavy (non-hydrogen) atoms. The maximum atomic E-state index is 11.5. The summed E-state index contributed by atoms with van der Waals surface area (Å²) in [5.41, 5.74) is -0.806. The van der Waals surface area contributed by atoms with E-state index >= 15 is 0 Å². The molecule has 0 saturated carbocycles. The van der Waals surface area contributed by atoms with Gasteiger partial charge in [0.15, 0.2) is 13.6 Å². The smallest absolute Gasteiger partial charge is 0.313 e. The highest BCUT2D eigenvalue weighted by Gasteiger charge is 2.27. The van der Waals surface area contributed by atoms with Crippen LogP contribution in [-0.4, -0.2) is 38.2 Å². The Labute approximate surface area is 172 Å². The Hall–Kier alpha value is -1.14. The average Bonchev–Trinajstić information content (AvgIpc) is 2.64. The fraction of sp³-hybridized carbons (Fsp3) is 0.909. The van der Waals surface area contributed by atoms with Crippen LogP contribution in [0.1, 0.15) is 88.5 Å². The molecule has 0 rings (SSSR count). The van der Waals surface area contributed by atoms with E-state index in [1.54, 1.807) is 0 Å². The SMILES string of the molecule is CCC(C)(C)C(=O)OCOCC(C)C.CCC(C)OCOC(=O)C(C)(C)CC. The number of ether oxygens (including phenoxy) is 4. The van der Waals surface area contributed by atoms with Crippen LogP contribution in [0.25, 0.3) is 0 Å². The molecule has 0 bridgehead atoms. The maximum Gasteiger partial charge on any atom is 0.313 e. The Kier molecular flexibility index (Phi) is 15.4. The van der Waals surface area contributed by atoms with Gasteiger partial charge in [-0.3, -0.25) is 9.59 Å². The molecule has 0 saturated heterocycles. The highest BCUT2D eigenvalue weighted by Crippen LogP contribution is 2.22. The van der Waals surface area contributed by atoms with Crippen LogP contribution in [0.4, 0.5) is 0 Å². The van der Waals surface area contributed by atoms with Gasteiger partial charge in [-0.2, -0.15) is 0 Å². The Bertz CT molecular complexity index is 429. The Morgan fingerprint density at radius 2 is 1.21 bits per heavy atom. The monoisotopic (exact) mass is 404 g/mol. The molecule has 0 aliphatic rings. The first-order valence-corrected chi connectivity index (χ1v) is 10.4. The highest BCUT2D eigenvalue weighted by atomic mass is 16.7. The van der Waals surface area contributed by atoms with Crippen LogP contribution < -0.4 is 0 Å². The van der Waals surface area contributed by atoms with E-state index in [0.717, 1.165) is 19.3 Å². The molecule has 1 atom stereocenters. The molecule has 1 unspecified atom stereocenters. The van der Waals surface area contributed by atoms with E-state index in [0.29, 0.717) is 12.5 Å². The van der Waals surface area contributed by atoms with Gasteiger partial charge in [0.25, 0.3) is 0 Å². The van der Waals surface area contributed by atoms with Crippen molar-refractivity contribution < 1.29 is 28.5 Å². The summed E-state index contributed by atoms with van der Waals surface area (Å²) in [6.45, 7) is 20.3. The van der Waals surface area contributed by atoms with Gasteiger partial charge in [-0.25, -0.2) is 0 Å². The Morgan fingerprint density at radius 3 is 1.57 bits per heavy atom. The molecular formula is C22H44O6. The lowest BCUT2D eigenvalue weighted by atomic mass is 9.91. The lowest BCUT2D eigenvalue weighted by Gasteiger charge is -2.20. The predicted octanol–water partition coefficient (Wildman–Crippen LogP) is 5.33. The van der Waals surface area contributed by atoms with Crippen LogP contribution >= 0.6 is 0 Å². The Balaban J connectivity index is 0. The van der Waals surface area contributed by atoms with E-state index in [4.69, 9.17) is 18.9 Å². The third-order valence-corrected chi connectivity index (χ3v) is 4.71. The fourth-order valence-electron chi connectivity index (χ4n) is 1.38. The summed E-state index contributed by atoms with van der Waals surface area (Å²) in [5, 5.41) is 0. The van der Waals surface area contributed by atoms with E-state index < -0.39 is 10.8 Å². The van der Waals surface area contributed by atoms with Gasteiger partial charge in [0.1, 0.15) is 0 Å². The first-order chi connectivity index (χ1) is 12.8. The van der Waals surface area contributed by atoms with Gasteiger partial charge in [-0.05, 0) is 59.8 Å². The number of hydrogen-bond donors (Lipinski definition) is 0. The molecule has 0 aromatic rings. The second kappa shape index (κ2) is 14.8. The van der Waals surface area contributed by atoms with Crippen molar-refractivity contribution in [2.75, 3.05) is 20.2 Å². The van der Waals surface area contributed by atoms with Gasteiger partial charge in [0.05, 0.1) is 23.5 Å². The molecule has 0 amide bonds. The van der Waals surface area contributed by atoms with E-state index in [1.165, 1.54) is 0 Å². The maximum absolute atomic E-state index is 11.5. The summed E-state index contributed by atoms with van der Waals surface area (Å²) in [5.74, 6) is 0.0833. The number of rotatable bonds is 12. The minimum Gasteiger partial charge on any atom is -0.438 e. The largest absolute Gasteiger partial charge is 0.438 e. The zero-order valence-electron chi connectivity index (χ0n) is 19.8. The van der Waals surface area contributed by atoms with Crippen LogP contribution in [0.3, 0.4) is 0 Å². The summed E-state index contributed by atoms with van der Waals surface area (Å²) in [6.07, 6.45) is 2.62. The fourth-order valence-corrected chi connectivity index (χ4v) is 1.38. The van der Waals surface area contributed by atoms with Crippen molar-refractivity contribution in [3.8, 4) is 0 Å². The van der Waals surface area contributed by atoms with Crippen LogP contribution in [-0.2, 0) is 28.5 Å². The van der Waals surface area contributed by atoms with Gasteiger partial charge in [0, 0.05) is 0 Å². The minimum absolute atomic E-state index is 0.0667. The number of carbonyl (C=O) groups is 2. The second-order valence-corrected chi connectivity index (χ2v) is 8.72. The zero-order valence-corrected chi connectivity index (χ0v) is 19.8. The summed E-state index contributed by atoms with van der Waals surface area (Å²) in [6, 6.07) is 0. The first kappa shape index (κ1) is 29.1. The van der Waals surface area contributed by atoms with Crippen molar-refractivity contribution in [1.29, 1.82) is 0 Å². The van der Waals surface area contributed by atoms with Crippen molar-refractivity contribution in [2.45, 2.75) is 94.6 Å². The summed E-state index contributed by atoms with van der Waals surface area (Å²) >= 11 is 0. The van der Waals surface area contributed by atoms with Crippen molar-refractivity contribution in [2.24, 2.45) is 16.7 Å². The standard InChI is InChI=1S/2C11H22O3/c1-6-11(4,5)10(12)14-8-13-7-9(2)3;1-6-9(3)13-8-14-10(12)11(4,5)7-2/h2*9H,6-8H2,1-5H3. The van der Waals surface area contributed by atoms with E-state index in [1.807, 2.05) is 55.4 Å².